The van der Waals surface area contributed by atoms with Crippen molar-refractivity contribution in [1.82, 2.24) is 4.90 Å². The summed E-state index contributed by atoms with van der Waals surface area (Å²) in [5.41, 5.74) is 2.31. The van der Waals surface area contributed by atoms with E-state index in [1.165, 1.54) is 7.11 Å². The first kappa shape index (κ1) is 26.2. The molecular weight excluding hydrogens is 474 g/mol. The standard InChI is InChI=1S/C29H31NO7/c1-3-35-27(28(32)30-22(19-37-29(30)33)16-20-10-6-4-7-11-20)26(31)24-15-14-23(17-25(24)34-2)36-18-21-12-8-5-9-13-21/h4-15,17,22,26-27,31H,3,16,18-19H2,1-2H3/t22?,26-,27+/m1/s1. The Morgan fingerprint density at radius 3 is 2.38 bits per heavy atom. The summed E-state index contributed by atoms with van der Waals surface area (Å²) < 4.78 is 22.2. The summed E-state index contributed by atoms with van der Waals surface area (Å²) in [6.45, 7) is 2.31. The first-order valence-electron chi connectivity index (χ1n) is 12.2. The zero-order valence-electron chi connectivity index (χ0n) is 20.9. The average Bonchev–Trinajstić information content (AvgIpc) is 3.30. The monoisotopic (exact) mass is 505 g/mol. The van der Waals surface area contributed by atoms with Crippen molar-refractivity contribution in [2.24, 2.45) is 0 Å². The van der Waals surface area contributed by atoms with Gasteiger partial charge in [-0.3, -0.25) is 4.79 Å². The van der Waals surface area contributed by atoms with Crippen molar-refractivity contribution in [3.8, 4) is 11.5 Å². The fraction of sp³-hybridized carbons (Fsp3) is 0.310. The van der Waals surface area contributed by atoms with Crippen LogP contribution in [0.1, 0.15) is 29.7 Å². The molecule has 0 aromatic heterocycles. The normalized spacial score (nSPS) is 16.7. The summed E-state index contributed by atoms with van der Waals surface area (Å²) >= 11 is 0. The second kappa shape index (κ2) is 12.4. The number of rotatable bonds is 11. The second-order valence-corrected chi connectivity index (χ2v) is 8.63. The molecule has 1 aliphatic heterocycles. The van der Waals surface area contributed by atoms with Crippen molar-refractivity contribution in [2.75, 3.05) is 20.3 Å². The maximum Gasteiger partial charge on any atom is 0.417 e. The van der Waals surface area contributed by atoms with Crippen LogP contribution >= 0.6 is 0 Å². The minimum Gasteiger partial charge on any atom is -0.496 e. The Morgan fingerprint density at radius 2 is 1.73 bits per heavy atom. The summed E-state index contributed by atoms with van der Waals surface area (Å²) in [6, 6.07) is 23.7. The molecule has 0 spiro atoms. The third-order valence-corrected chi connectivity index (χ3v) is 6.16. The molecule has 3 atom stereocenters. The molecule has 1 saturated heterocycles. The van der Waals surface area contributed by atoms with Gasteiger partial charge in [-0.15, -0.1) is 0 Å². The predicted octanol–water partition coefficient (Wildman–Crippen LogP) is 4.30. The van der Waals surface area contributed by atoms with Gasteiger partial charge in [-0.25, -0.2) is 9.69 Å². The van der Waals surface area contributed by atoms with Crippen LogP contribution < -0.4 is 9.47 Å². The van der Waals surface area contributed by atoms with Crippen molar-refractivity contribution in [3.05, 3.63) is 95.6 Å². The summed E-state index contributed by atoms with van der Waals surface area (Å²) in [6.07, 6.45) is -3.04. The molecule has 194 valence electrons. The van der Waals surface area contributed by atoms with E-state index in [0.717, 1.165) is 16.0 Å². The molecule has 0 bridgehead atoms. The van der Waals surface area contributed by atoms with Gasteiger partial charge >= 0.3 is 6.09 Å². The lowest BCUT2D eigenvalue weighted by molar-refractivity contribution is -0.149. The highest BCUT2D eigenvalue weighted by Crippen LogP contribution is 2.34. The minimum atomic E-state index is -1.39. The summed E-state index contributed by atoms with van der Waals surface area (Å²) in [5, 5.41) is 11.3. The molecule has 1 N–H and O–H groups in total. The van der Waals surface area contributed by atoms with E-state index in [0.29, 0.717) is 30.1 Å². The first-order chi connectivity index (χ1) is 18.0. The SMILES string of the molecule is CCO[C@H](C(=O)N1C(=O)OCC1Cc1ccccc1)[C@H](O)c1ccc(OCc2ccccc2)cc1OC. The number of benzene rings is 3. The van der Waals surface area contributed by atoms with E-state index in [1.54, 1.807) is 25.1 Å². The molecule has 37 heavy (non-hydrogen) atoms. The number of hydrogen-bond donors (Lipinski definition) is 1. The lowest BCUT2D eigenvalue weighted by Crippen LogP contribution is -2.48. The first-order valence-corrected chi connectivity index (χ1v) is 12.2. The van der Waals surface area contributed by atoms with Crippen LogP contribution in [0.25, 0.3) is 0 Å². The van der Waals surface area contributed by atoms with Crippen LogP contribution in [0, 0.1) is 0 Å². The third kappa shape index (κ3) is 6.28. The van der Waals surface area contributed by atoms with E-state index in [9.17, 15) is 14.7 Å². The van der Waals surface area contributed by atoms with Crippen molar-refractivity contribution >= 4 is 12.0 Å². The maximum absolute atomic E-state index is 13.6. The van der Waals surface area contributed by atoms with Crippen LogP contribution in [0.15, 0.2) is 78.9 Å². The number of carbonyl (C=O) groups is 2. The highest BCUT2D eigenvalue weighted by Gasteiger charge is 2.44. The van der Waals surface area contributed by atoms with Crippen LogP contribution in [0.3, 0.4) is 0 Å². The zero-order valence-corrected chi connectivity index (χ0v) is 20.9. The Morgan fingerprint density at radius 1 is 1.05 bits per heavy atom. The quantitative estimate of drug-likeness (QED) is 0.415. The molecule has 1 unspecified atom stereocenters. The number of aliphatic hydroxyl groups is 1. The molecule has 8 heteroatoms. The molecule has 2 amide bonds. The topological polar surface area (TPSA) is 94.5 Å². The van der Waals surface area contributed by atoms with Gasteiger partial charge in [0.1, 0.15) is 30.8 Å². The maximum atomic E-state index is 13.6. The van der Waals surface area contributed by atoms with Gasteiger partial charge in [-0.1, -0.05) is 60.7 Å². The van der Waals surface area contributed by atoms with E-state index in [4.69, 9.17) is 18.9 Å². The van der Waals surface area contributed by atoms with Gasteiger partial charge in [-0.2, -0.15) is 0 Å². The van der Waals surface area contributed by atoms with Gasteiger partial charge in [0.05, 0.1) is 13.2 Å². The van der Waals surface area contributed by atoms with Gasteiger partial charge < -0.3 is 24.1 Å². The Labute approximate surface area is 216 Å². The van der Waals surface area contributed by atoms with Crippen LogP contribution in [-0.4, -0.2) is 54.5 Å². The average molecular weight is 506 g/mol. The highest BCUT2D eigenvalue weighted by molar-refractivity contribution is 5.96. The zero-order chi connectivity index (χ0) is 26.2. The number of amides is 2. The Bertz CT molecular complexity index is 1190. The number of hydrogen-bond acceptors (Lipinski definition) is 7. The summed E-state index contributed by atoms with van der Waals surface area (Å²) in [5.74, 6) is 0.214. The molecule has 1 heterocycles. The molecule has 0 saturated carbocycles. The Hall–Kier alpha value is -3.88. The third-order valence-electron chi connectivity index (χ3n) is 6.16. The smallest absolute Gasteiger partial charge is 0.417 e. The molecule has 1 aliphatic rings. The van der Waals surface area contributed by atoms with Gasteiger partial charge in [0.25, 0.3) is 5.91 Å². The molecule has 4 rings (SSSR count). The number of nitrogens with zero attached hydrogens (tertiary/aromatic N) is 1. The van der Waals surface area contributed by atoms with Crippen molar-refractivity contribution in [1.29, 1.82) is 0 Å². The predicted molar refractivity (Wildman–Crippen MR) is 136 cm³/mol. The van der Waals surface area contributed by atoms with E-state index in [1.807, 2.05) is 60.7 Å². The summed E-state index contributed by atoms with van der Waals surface area (Å²) in [7, 11) is 1.47. The number of ether oxygens (including phenoxy) is 4. The number of cyclic esters (lactones) is 1. The molecule has 3 aromatic carbocycles. The minimum absolute atomic E-state index is 0.0746. The Balaban J connectivity index is 1.53. The van der Waals surface area contributed by atoms with E-state index in [-0.39, 0.29) is 13.2 Å². The van der Waals surface area contributed by atoms with Gasteiger partial charge in [-0.05, 0) is 36.6 Å². The van der Waals surface area contributed by atoms with Crippen LogP contribution in [0.2, 0.25) is 0 Å². The van der Waals surface area contributed by atoms with Crippen molar-refractivity contribution in [3.63, 3.8) is 0 Å². The van der Waals surface area contributed by atoms with Gasteiger partial charge in [0.2, 0.25) is 0 Å². The second-order valence-electron chi connectivity index (χ2n) is 8.63. The van der Waals surface area contributed by atoms with Gasteiger partial charge in [0, 0.05) is 18.2 Å². The number of methoxy groups -OCH3 is 1. The molecule has 0 aliphatic carbocycles. The highest BCUT2D eigenvalue weighted by atomic mass is 16.6. The van der Waals surface area contributed by atoms with E-state index >= 15 is 0 Å². The van der Waals surface area contributed by atoms with Crippen molar-refractivity contribution in [2.45, 2.75) is 38.2 Å². The lowest BCUT2D eigenvalue weighted by atomic mass is 10.00. The van der Waals surface area contributed by atoms with Gasteiger partial charge in [0.15, 0.2) is 6.10 Å². The fourth-order valence-electron chi connectivity index (χ4n) is 4.31. The lowest BCUT2D eigenvalue weighted by Gasteiger charge is -2.28. The van der Waals surface area contributed by atoms with E-state index < -0.39 is 30.3 Å². The Kier molecular flexibility index (Phi) is 8.77. The molecule has 3 aromatic rings. The fourth-order valence-corrected chi connectivity index (χ4v) is 4.31. The van der Waals surface area contributed by atoms with Crippen molar-refractivity contribution < 1.29 is 33.6 Å². The number of carbonyl (C=O) groups excluding carboxylic acids is 2. The molecule has 8 nitrogen and oxygen atoms in total. The number of aliphatic hydroxyl groups excluding tert-OH is 1. The van der Waals surface area contributed by atoms with Crippen LogP contribution in [0.5, 0.6) is 11.5 Å². The number of imide groups is 1. The largest absolute Gasteiger partial charge is 0.496 e. The molecule has 0 radical (unpaired) electrons. The molecule has 1 fully saturated rings. The molecular formula is C29H31NO7. The summed E-state index contributed by atoms with van der Waals surface area (Å²) in [4.78, 5) is 27.2. The van der Waals surface area contributed by atoms with Crippen LogP contribution in [0.4, 0.5) is 4.79 Å². The van der Waals surface area contributed by atoms with E-state index in [2.05, 4.69) is 0 Å². The van der Waals surface area contributed by atoms with Crippen LogP contribution in [-0.2, 0) is 27.3 Å².